The normalized spacial score (nSPS) is 20.5. The minimum Gasteiger partial charge on any atom is -0.464 e. The molecule has 2 atom stereocenters. The third-order valence-electron chi connectivity index (χ3n) is 4.99. The van der Waals surface area contributed by atoms with Gasteiger partial charge in [-0.2, -0.15) is 5.10 Å². The van der Waals surface area contributed by atoms with E-state index < -0.39 is 6.23 Å². The Kier molecular flexibility index (Phi) is 3.87. The number of nitrogens with zero attached hydrogens (tertiary/aromatic N) is 2. The Morgan fingerprint density at radius 1 is 1.00 bits per heavy atom. The molecule has 3 nitrogen and oxygen atoms in total. The maximum atomic E-state index is 13.8. The van der Waals surface area contributed by atoms with Crippen LogP contribution in [0.5, 0.6) is 5.75 Å². The number of rotatable bonds is 2. The lowest BCUT2D eigenvalue weighted by Crippen LogP contribution is -2.33. The Morgan fingerprint density at radius 3 is 2.67 bits per heavy atom. The van der Waals surface area contributed by atoms with E-state index in [9.17, 15) is 4.39 Å². The average molecular weight is 379 g/mol. The zero-order chi connectivity index (χ0) is 18.4. The molecule has 2 heterocycles. The van der Waals surface area contributed by atoms with Crippen LogP contribution in [0.4, 0.5) is 4.39 Å². The monoisotopic (exact) mass is 378 g/mol. The highest BCUT2D eigenvalue weighted by Crippen LogP contribution is 2.48. The molecule has 3 aromatic carbocycles. The molecule has 134 valence electrons. The van der Waals surface area contributed by atoms with E-state index in [1.165, 1.54) is 12.1 Å². The minimum absolute atomic E-state index is 0.00377. The standard InChI is InChI=1S/C22H16ClFN2O/c23-16-9-10-21-18(12-16)20-13-19(14-5-2-1-3-6-14)25-26(20)22(27-21)15-7-4-8-17(24)11-15/h1-12,20,22H,13H2/t20-,22+/m1/s1. The van der Waals surface area contributed by atoms with Gasteiger partial charge in [-0.3, -0.25) is 0 Å². The van der Waals surface area contributed by atoms with E-state index in [4.69, 9.17) is 21.4 Å². The van der Waals surface area contributed by atoms with Gasteiger partial charge in [0.15, 0.2) is 0 Å². The topological polar surface area (TPSA) is 24.8 Å². The summed E-state index contributed by atoms with van der Waals surface area (Å²) in [7, 11) is 0. The summed E-state index contributed by atoms with van der Waals surface area (Å²) >= 11 is 6.23. The molecule has 0 amide bonds. The second kappa shape index (κ2) is 6.39. The van der Waals surface area contributed by atoms with Crippen molar-refractivity contribution in [1.82, 2.24) is 5.01 Å². The number of ether oxygens (including phenoxy) is 1. The summed E-state index contributed by atoms with van der Waals surface area (Å²) in [4.78, 5) is 0. The molecule has 2 aliphatic heterocycles. The highest BCUT2D eigenvalue weighted by molar-refractivity contribution is 6.30. The van der Waals surface area contributed by atoms with Crippen LogP contribution in [0.25, 0.3) is 0 Å². The Bertz CT molecular complexity index is 1040. The van der Waals surface area contributed by atoms with Gasteiger partial charge in [-0.1, -0.05) is 54.1 Å². The van der Waals surface area contributed by atoms with Crippen LogP contribution in [0.15, 0.2) is 77.9 Å². The summed E-state index contributed by atoms with van der Waals surface area (Å²) in [6.45, 7) is 0. The number of hydrazone groups is 1. The van der Waals surface area contributed by atoms with Gasteiger partial charge >= 0.3 is 0 Å². The number of fused-ring (bicyclic) bond motifs is 3. The fraction of sp³-hybridized carbons (Fsp3) is 0.136. The molecule has 0 aliphatic carbocycles. The fourth-order valence-corrected chi connectivity index (χ4v) is 3.92. The molecule has 0 radical (unpaired) electrons. The lowest BCUT2D eigenvalue weighted by molar-refractivity contribution is -0.0192. The largest absolute Gasteiger partial charge is 0.464 e. The van der Waals surface area contributed by atoms with E-state index >= 15 is 0 Å². The molecule has 0 aromatic heterocycles. The first-order valence-corrected chi connectivity index (χ1v) is 9.19. The van der Waals surface area contributed by atoms with Crippen LogP contribution in [-0.4, -0.2) is 10.7 Å². The lowest BCUT2D eigenvalue weighted by atomic mass is 9.96. The van der Waals surface area contributed by atoms with Crippen molar-refractivity contribution in [2.24, 2.45) is 5.10 Å². The molecule has 5 rings (SSSR count). The molecule has 0 spiro atoms. The molecule has 0 unspecified atom stereocenters. The van der Waals surface area contributed by atoms with Crippen LogP contribution in [0, 0.1) is 5.82 Å². The Hall–Kier alpha value is -2.85. The van der Waals surface area contributed by atoms with Crippen molar-refractivity contribution < 1.29 is 9.13 Å². The van der Waals surface area contributed by atoms with Gasteiger partial charge in [0, 0.05) is 22.6 Å². The zero-order valence-electron chi connectivity index (χ0n) is 14.3. The molecule has 0 saturated carbocycles. The Labute approximate surface area is 161 Å². The van der Waals surface area contributed by atoms with Gasteiger partial charge in [-0.25, -0.2) is 9.40 Å². The number of hydrogen-bond acceptors (Lipinski definition) is 3. The first kappa shape index (κ1) is 16.3. The van der Waals surface area contributed by atoms with E-state index in [0.717, 1.165) is 34.6 Å². The van der Waals surface area contributed by atoms with Gasteiger partial charge in [0.2, 0.25) is 6.23 Å². The van der Waals surface area contributed by atoms with Crippen molar-refractivity contribution in [1.29, 1.82) is 0 Å². The summed E-state index contributed by atoms with van der Waals surface area (Å²) in [5.74, 6) is 0.473. The van der Waals surface area contributed by atoms with Crippen LogP contribution in [0.3, 0.4) is 0 Å². The van der Waals surface area contributed by atoms with Crippen LogP contribution in [0.2, 0.25) is 5.02 Å². The maximum absolute atomic E-state index is 13.8. The van der Waals surface area contributed by atoms with Gasteiger partial charge in [0.05, 0.1) is 11.8 Å². The van der Waals surface area contributed by atoms with E-state index in [-0.39, 0.29) is 11.9 Å². The van der Waals surface area contributed by atoms with Gasteiger partial charge in [-0.05, 0) is 35.9 Å². The van der Waals surface area contributed by atoms with Crippen LogP contribution < -0.4 is 4.74 Å². The van der Waals surface area contributed by atoms with Crippen molar-refractivity contribution >= 4 is 17.3 Å². The predicted molar refractivity (Wildman–Crippen MR) is 103 cm³/mol. The van der Waals surface area contributed by atoms with Crippen LogP contribution in [-0.2, 0) is 0 Å². The molecule has 2 aliphatic rings. The van der Waals surface area contributed by atoms with Crippen molar-refractivity contribution in [3.05, 3.63) is 100 Å². The molecule has 0 bridgehead atoms. The van der Waals surface area contributed by atoms with Crippen LogP contribution >= 0.6 is 11.6 Å². The Balaban J connectivity index is 1.62. The van der Waals surface area contributed by atoms with Gasteiger partial charge < -0.3 is 4.74 Å². The lowest BCUT2D eigenvalue weighted by Gasteiger charge is -2.38. The van der Waals surface area contributed by atoms with E-state index in [0.29, 0.717) is 5.02 Å². The van der Waals surface area contributed by atoms with Gasteiger partial charge in [0.1, 0.15) is 11.6 Å². The molecule has 0 N–H and O–H groups in total. The molecular formula is C22H16ClFN2O. The Morgan fingerprint density at radius 2 is 1.85 bits per heavy atom. The summed E-state index contributed by atoms with van der Waals surface area (Å²) < 4.78 is 20.0. The summed E-state index contributed by atoms with van der Waals surface area (Å²) in [6, 6.07) is 22.2. The van der Waals surface area contributed by atoms with Gasteiger partial charge in [0.25, 0.3) is 0 Å². The van der Waals surface area contributed by atoms with Gasteiger partial charge in [-0.15, -0.1) is 0 Å². The third kappa shape index (κ3) is 2.86. The third-order valence-corrected chi connectivity index (χ3v) is 5.23. The smallest absolute Gasteiger partial charge is 0.213 e. The highest BCUT2D eigenvalue weighted by atomic mass is 35.5. The maximum Gasteiger partial charge on any atom is 0.213 e. The summed E-state index contributed by atoms with van der Waals surface area (Å²) in [5, 5.41) is 7.44. The average Bonchev–Trinajstić information content (AvgIpc) is 3.14. The number of halogens is 2. The fourth-order valence-electron chi connectivity index (χ4n) is 3.74. The second-order valence-electron chi connectivity index (χ2n) is 6.72. The van der Waals surface area contributed by atoms with Crippen molar-refractivity contribution in [3.8, 4) is 5.75 Å². The van der Waals surface area contributed by atoms with Crippen LogP contribution in [0.1, 0.15) is 35.4 Å². The number of hydrogen-bond donors (Lipinski definition) is 0. The number of benzene rings is 3. The quantitative estimate of drug-likeness (QED) is 0.569. The van der Waals surface area contributed by atoms with E-state index in [1.807, 2.05) is 59.6 Å². The van der Waals surface area contributed by atoms with Crippen molar-refractivity contribution in [2.45, 2.75) is 18.7 Å². The SMILES string of the molecule is Fc1cccc([C@@H]2Oc3ccc(Cl)cc3[C@H]3CC(c4ccccc4)=NN32)c1. The van der Waals surface area contributed by atoms with Crippen molar-refractivity contribution in [3.63, 3.8) is 0 Å². The summed E-state index contributed by atoms with van der Waals surface area (Å²) in [5.41, 5.74) is 3.80. The minimum atomic E-state index is -0.486. The second-order valence-corrected chi connectivity index (χ2v) is 7.16. The molecule has 5 heteroatoms. The molecule has 0 fully saturated rings. The molecule has 0 saturated heterocycles. The summed E-state index contributed by atoms with van der Waals surface area (Å²) in [6.07, 6.45) is 0.257. The highest BCUT2D eigenvalue weighted by Gasteiger charge is 2.41. The zero-order valence-corrected chi connectivity index (χ0v) is 15.1. The first-order valence-electron chi connectivity index (χ1n) is 8.82. The van der Waals surface area contributed by atoms with E-state index in [2.05, 4.69) is 0 Å². The first-order chi connectivity index (χ1) is 13.2. The predicted octanol–water partition coefficient (Wildman–Crippen LogP) is 5.72. The molecular weight excluding hydrogens is 363 g/mol. The van der Waals surface area contributed by atoms with E-state index in [1.54, 1.807) is 6.07 Å². The van der Waals surface area contributed by atoms with Crippen molar-refractivity contribution in [2.75, 3.05) is 0 Å². The molecule has 27 heavy (non-hydrogen) atoms. The molecule has 3 aromatic rings.